The van der Waals surface area contributed by atoms with Crippen LogP contribution in [0.25, 0.3) is 0 Å². The molecule has 1 aromatic carbocycles. The molecule has 1 aliphatic heterocycles. The molecule has 1 saturated heterocycles. The zero-order chi connectivity index (χ0) is 14.2. The van der Waals surface area contributed by atoms with Crippen LogP contribution in [-0.2, 0) is 6.54 Å². The first-order valence-electron chi connectivity index (χ1n) is 7.91. The monoisotopic (exact) mass is 276 g/mol. The van der Waals surface area contributed by atoms with Gasteiger partial charge in [0, 0.05) is 18.7 Å². The Morgan fingerprint density at radius 2 is 2.20 bits per heavy atom. The van der Waals surface area contributed by atoms with Gasteiger partial charge in [0.15, 0.2) is 0 Å². The maximum Gasteiger partial charge on any atom is 0.123 e. The van der Waals surface area contributed by atoms with Gasteiger partial charge in [-0.3, -0.25) is 4.90 Å². The fraction of sp³-hybridized carbons (Fsp3) is 0.647. The van der Waals surface area contributed by atoms with E-state index in [-0.39, 0.29) is 0 Å². The molecule has 0 spiro atoms. The van der Waals surface area contributed by atoms with E-state index in [9.17, 15) is 0 Å². The van der Waals surface area contributed by atoms with Crippen molar-refractivity contribution in [3.05, 3.63) is 29.8 Å². The number of rotatable bonds is 7. The predicted octanol–water partition coefficient (Wildman–Crippen LogP) is 2.91. The SMILES string of the molecule is CCCOc1ccccc1CN1CCCC(CNC)C1. The summed E-state index contributed by atoms with van der Waals surface area (Å²) in [6.07, 6.45) is 3.72. The van der Waals surface area contributed by atoms with Gasteiger partial charge in [-0.1, -0.05) is 25.1 Å². The number of piperidine rings is 1. The Balaban J connectivity index is 1.94. The van der Waals surface area contributed by atoms with Crippen molar-refractivity contribution in [2.75, 3.05) is 33.3 Å². The third-order valence-electron chi connectivity index (χ3n) is 3.92. The quantitative estimate of drug-likeness (QED) is 0.829. The second-order valence-corrected chi connectivity index (χ2v) is 5.76. The molecule has 0 aromatic heterocycles. The van der Waals surface area contributed by atoms with Crippen LogP contribution >= 0.6 is 0 Å². The zero-order valence-electron chi connectivity index (χ0n) is 12.9. The molecule has 112 valence electrons. The minimum absolute atomic E-state index is 0.789. The van der Waals surface area contributed by atoms with Crippen molar-refractivity contribution in [3.63, 3.8) is 0 Å². The van der Waals surface area contributed by atoms with E-state index in [1.54, 1.807) is 0 Å². The molecular weight excluding hydrogens is 248 g/mol. The second kappa shape index (κ2) is 8.28. The number of hydrogen-bond acceptors (Lipinski definition) is 3. The molecule has 3 heteroatoms. The maximum atomic E-state index is 5.86. The molecule has 0 saturated carbocycles. The topological polar surface area (TPSA) is 24.5 Å². The second-order valence-electron chi connectivity index (χ2n) is 5.76. The Hall–Kier alpha value is -1.06. The van der Waals surface area contributed by atoms with Crippen molar-refractivity contribution >= 4 is 0 Å². The fourth-order valence-electron chi connectivity index (χ4n) is 2.98. The first-order chi connectivity index (χ1) is 9.83. The highest BCUT2D eigenvalue weighted by atomic mass is 16.5. The average Bonchev–Trinajstić information content (AvgIpc) is 2.47. The van der Waals surface area contributed by atoms with E-state index >= 15 is 0 Å². The molecule has 0 aliphatic carbocycles. The Labute approximate surface area is 123 Å². The Morgan fingerprint density at radius 3 is 3.00 bits per heavy atom. The van der Waals surface area contributed by atoms with Gasteiger partial charge in [-0.25, -0.2) is 0 Å². The van der Waals surface area contributed by atoms with Crippen molar-refractivity contribution < 1.29 is 4.74 Å². The molecule has 1 heterocycles. The van der Waals surface area contributed by atoms with Crippen LogP contribution in [0.15, 0.2) is 24.3 Å². The third-order valence-corrected chi connectivity index (χ3v) is 3.92. The molecular formula is C17H28N2O. The third kappa shape index (κ3) is 4.50. The lowest BCUT2D eigenvalue weighted by atomic mass is 9.97. The van der Waals surface area contributed by atoms with Gasteiger partial charge in [0.25, 0.3) is 0 Å². The molecule has 0 radical (unpaired) electrons. The van der Waals surface area contributed by atoms with E-state index in [0.717, 1.165) is 37.8 Å². The number of nitrogens with one attached hydrogen (secondary N) is 1. The average molecular weight is 276 g/mol. The number of likely N-dealkylation sites (tertiary alicyclic amines) is 1. The fourth-order valence-corrected chi connectivity index (χ4v) is 2.98. The van der Waals surface area contributed by atoms with Crippen LogP contribution in [0.4, 0.5) is 0 Å². The number of ether oxygens (including phenoxy) is 1. The summed E-state index contributed by atoms with van der Waals surface area (Å²) < 4.78 is 5.86. The summed E-state index contributed by atoms with van der Waals surface area (Å²) in [5.74, 6) is 1.85. The number of nitrogens with zero attached hydrogens (tertiary/aromatic N) is 1. The van der Waals surface area contributed by atoms with Gasteiger partial charge < -0.3 is 10.1 Å². The van der Waals surface area contributed by atoms with Crippen LogP contribution in [0.1, 0.15) is 31.7 Å². The summed E-state index contributed by atoms with van der Waals surface area (Å²) in [5.41, 5.74) is 1.33. The largest absolute Gasteiger partial charge is 0.493 e. The predicted molar refractivity (Wildman–Crippen MR) is 84.2 cm³/mol. The summed E-state index contributed by atoms with van der Waals surface area (Å²) in [6, 6.07) is 8.48. The molecule has 1 atom stereocenters. The van der Waals surface area contributed by atoms with Gasteiger partial charge in [-0.15, -0.1) is 0 Å². The molecule has 1 aliphatic rings. The lowest BCUT2D eigenvalue weighted by Crippen LogP contribution is -2.38. The van der Waals surface area contributed by atoms with E-state index in [2.05, 4.69) is 41.4 Å². The molecule has 1 aromatic rings. The zero-order valence-corrected chi connectivity index (χ0v) is 12.9. The van der Waals surface area contributed by atoms with Gasteiger partial charge in [0.1, 0.15) is 5.75 Å². The maximum absolute atomic E-state index is 5.86. The summed E-state index contributed by atoms with van der Waals surface area (Å²) in [4.78, 5) is 2.57. The van der Waals surface area contributed by atoms with Crippen LogP contribution in [-0.4, -0.2) is 38.2 Å². The van der Waals surface area contributed by atoms with Crippen LogP contribution in [0.5, 0.6) is 5.75 Å². The first-order valence-corrected chi connectivity index (χ1v) is 7.91. The van der Waals surface area contributed by atoms with Gasteiger partial charge in [0.05, 0.1) is 6.61 Å². The number of hydrogen-bond donors (Lipinski definition) is 1. The molecule has 0 amide bonds. The first kappa shape index (κ1) is 15.3. The van der Waals surface area contributed by atoms with Crippen molar-refractivity contribution in [3.8, 4) is 5.75 Å². The number of benzene rings is 1. The van der Waals surface area contributed by atoms with Crippen LogP contribution in [0.3, 0.4) is 0 Å². The van der Waals surface area contributed by atoms with Crippen molar-refractivity contribution in [2.24, 2.45) is 5.92 Å². The Bertz CT molecular complexity index is 392. The molecule has 1 unspecified atom stereocenters. The van der Waals surface area contributed by atoms with E-state index in [1.165, 1.54) is 31.5 Å². The summed E-state index contributed by atoms with van der Waals surface area (Å²) in [5, 5.41) is 3.31. The molecule has 1 N–H and O–H groups in total. The summed E-state index contributed by atoms with van der Waals surface area (Å²) in [6.45, 7) is 7.50. The van der Waals surface area contributed by atoms with Crippen molar-refractivity contribution in [1.29, 1.82) is 0 Å². The smallest absolute Gasteiger partial charge is 0.123 e. The van der Waals surface area contributed by atoms with Crippen LogP contribution in [0.2, 0.25) is 0 Å². The van der Waals surface area contributed by atoms with E-state index in [4.69, 9.17) is 4.74 Å². The highest BCUT2D eigenvalue weighted by Gasteiger charge is 2.20. The van der Waals surface area contributed by atoms with Crippen LogP contribution < -0.4 is 10.1 Å². The Morgan fingerprint density at radius 1 is 1.35 bits per heavy atom. The van der Waals surface area contributed by atoms with Crippen molar-refractivity contribution in [2.45, 2.75) is 32.7 Å². The lowest BCUT2D eigenvalue weighted by Gasteiger charge is -2.33. The molecule has 2 rings (SSSR count). The summed E-state index contributed by atoms with van der Waals surface area (Å²) in [7, 11) is 2.05. The van der Waals surface area contributed by atoms with Gasteiger partial charge in [0.2, 0.25) is 0 Å². The number of para-hydroxylation sites is 1. The van der Waals surface area contributed by atoms with E-state index in [0.29, 0.717) is 0 Å². The highest BCUT2D eigenvalue weighted by Crippen LogP contribution is 2.23. The molecule has 0 bridgehead atoms. The van der Waals surface area contributed by atoms with Gasteiger partial charge in [-0.05, 0) is 51.4 Å². The summed E-state index contributed by atoms with van der Waals surface area (Å²) >= 11 is 0. The van der Waals surface area contributed by atoms with Gasteiger partial charge in [-0.2, -0.15) is 0 Å². The highest BCUT2D eigenvalue weighted by molar-refractivity contribution is 5.33. The molecule has 1 fully saturated rings. The minimum Gasteiger partial charge on any atom is -0.493 e. The Kier molecular flexibility index (Phi) is 6.34. The standard InChI is InChI=1S/C17H28N2O/c1-3-11-20-17-9-5-4-8-16(17)14-19-10-6-7-15(13-19)12-18-2/h4-5,8-9,15,18H,3,6-7,10-14H2,1-2H3. The van der Waals surface area contributed by atoms with Gasteiger partial charge >= 0.3 is 0 Å². The normalized spacial score (nSPS) is 20.0. The molecule has 3 nitrogen and oxygen atoms in total. The van der Waals surface area contributed by atoms with Crippen LogP contribution in [0, 0.1) is 5.92 Å². The lowest BCUT2D eigenvalue weighted by molar-refractivity contribution is 0.164. The molecule has 20 heavy (non-hydrogen) atoms. The van der Waals surface area contributed by atoms with E-state index in [1.807, 2.05) is 7.05 Å². The van der Waals surface area contributed by atoms with E-state index < -0.39 is 0 Å². The van der Waals surface area contributed by atoms with Crippen molar-refractivity contribution in [1.82, 2.24) is 10.2 Å². The minimum atomic E-state index is 0.789.